The molecule has 3 rings (SSSR count). The number of nitrogen functional groups attached to an aromatic ring is 1. The van der Waals surface area contributed by atoms with Crippen molar-refractivity contribution in [1.29, 1.82) is 0 Å². The van der Waals surface area contributed by atoms with Crippen molar-refractivity contribution in [2.45, 2.75) is 44.4 Å². The van der Waals surface area contributed by atoms with Gasteiger partial charge in [0, 0.05) is 28.0 Å². The van der Waals surface area contributed by atoms with Crippen molar-refractivity contribution in [1.82, 2.24) is 5.16 Å². The molecular weight excluding hydrogens is 468 g/mol. The zero-order chi connectivity index (χ0) is 24.9. The molecule has 33 heavy (non-hydrogen) atoms. The molecule has 1 heterocycles. The minimum absolute atomic E-state index is 0.0609. The zero-order valence-corrected chi connectivity index (χ0v) is 18.4. The normalized spacial score (nSPS) is 14.3. The average Bonchev–Trinajstić information content (AvgIpc) is 2.68. The number of nitrogens with zero attached hydrogens (tertiary/aromatic N) is 1. The van der Waals surface area contributed by atoms with Gasteiger partial charge < -0.3 is 15.4 Å². The number of alkyl halides is 3. The summed E-state index contributed by atoms with van der Waals surface area (Å²) in [6.45, 7) is 3.84. The Hall–Kier alpha value is -2.98. The molecule has 0 radical (unpaired) electrons. The molecule has 0 aliphatic carbocycles. The first kappa shape index (κ1) is 24.7. The highest BCUT2D eigenvalue weighted by atomic mass is 35.5. The molecule has 0 saturated carbocycles. The number of aromatic nitrogens is 1. The lowest BCUT2D eigenvalue weighted by atomic mass is 9.72. The minimum Gasteiger partial charge on any atom is -0.398 e. The number of anilines is 1. The molecule has 0 fully saturated rings. The predicted molar refractivity (Wildman–Crippen MR) is 114 cm³/mol. The second-order valence-corrected chi connectivity index (χ2v) is 8.76. The van der Waals surface area contributed by atoms with Gasteiger partial charge in [-0.3, -0.25) is 4.79 Å². The Kier molecular flexibility index (Phi) is 6.06. The van der Waals surface area contributed by atoms with Crippen molar-refractivity contribution in [3.05, 3.63) is 68.4 Å². The van der Waals surface area contributed by atoms with E-state index in [4.69, 9.17) is 17.3 Å². The lowest BCUT2D eigenvalue weighted by molar-refractivity contribution is -0.243. The maximum atomic E-state index is 14.5. The van der Waals surface area contributed by atoms with E-state index in [0.717, 1.165) is 18.2 Å². The maximum absolute atomic E-state index is 14.5. The number of rotatable bonds is 5. The van der Waals surface area contributed by atoms with Crippen molar-refractivity contribution < 1.29 is 32.0 Å². The summed E-state index contributed by atoms with van der Waals surface area (Å²) in [5.74, 6) is -2.65. The minimum atomic E-state index is -5.45. The third-order valence-electron chi connectivity index (χ3n) is 5.52. The predicted octanol–water partition coefficient (Wildman–Crippen LogP) is 4.72. The van der Waals surface area contributed by atoms with Gasteiger partial charge in [-0.05, 0) is 36.6 Å². The topological polar surface area (TPSA) is 106 Å². The van der Waals surface area contributed by atoms with Crippen LogP contribution in [-0.2, 0) is 5.41 Å². The van der Waals surface area contributed by atoms with E-state index in [2.05, 4.69) is 9.68 Å². The molecule has 1 aromatic heterocycles. The molecule has 0 amide bonds. The van der Waals surface area contributed by atoms with Crippen LogP contribution in [0.4, 0.5) is 23.2 Å². The highest BCUT2D eigenvalue weighted by Crippen LogP contribution is 2.45. The van der Waals surface area contributed by atoms with Crippen LogP contribution >= 0.6 is 11.6 Å². The van der Waals surface area contributed by atoms with Gasteiger partial charge in [-0.15, -0.1) is 0 Å². The standard InChI is InChI=1S/C22H19ClF4N2O4/c1-10-15-11(19(31)33-29-10)7-8-12(17(15)28)18(30)21(32,22(25,26)27)9-20(2,3)16-13(23)5-4-6-14(16)24/h4-8,32H,9,28H2,1-3H3. The van der Waals surface area contributed by atoms with Crippen LogP contribution in [0.5, 0.6) is 0 Å². The van der Waals surface area contributed by atoms with Gasteiger partial charge in [-0.1, -0.05) is 36.7 Å². The van der Waals surface area contributed by atoms with Crippen molar-refractivity contribution in [2.24, 2.45) is 0 Å². The second-order valence-electron chi connectivity index (χ2n) is 8.35. The molecule has 0 aliphatic heterocycles. The molecule has 1 atom stereocenters. The molecule has 3 N–H and O–H groups in total. The van der Waals surface area contributed by atoms with Gasteiger partial charge >= 0.3 is 11.8 Å². The molecule has 0 spiro atoms. The molecular formula is C22H19ClF4N2O4. The number of Topliss-reactive ketones (excluding diaryl/α,β-unsaturated/α-hetero) is 1. The number of fused-ring (bicyclic) bond motifs is 1. The Morgan fingerprint density at radius 3 is 2.42 bits per heavy atom. The molecule has 11 heteroatoms. The monoisotopic (exact) mass is 486 g/mol. The van der Waals surface area contributed by atoms with E-state index >= 15 is 0 Å². The number of aliphatic hydroxyl groups is 1. The van der Waals surface area contributed by atoms with E-state index in [1.165, 1.54) is 32.9 Å². The zero-order valence-electron chi connectivity index (χ0n) is 17.7. The molecule has 1 unspecified atom stereocenters. The first-order chi connectivity index (χ1) is 15.1. The van der Waals surface area contributed by atoms with Gasteiger partial charge in [0.2, 0.25) is 11.4 Å². The van der Waals surface area contributed by atoms with Crippen LogP contribution in [0.1, 0.15) is 41.9 Å². The number of aryl methyl sites for hydroxylation is 1. The number of hydrogen-bond acceptors (Lipinski definition) is 6. The van der Waals surface area contributed by atoms with Crippen molar-refractivity contribution >= 4 is 33.8 Å². The Morgan fingerprint density at radius 2 is 1.85 bits per heavy atom. The van der Waals surface area contributed by atoms with Crippen LogP contribution in [0.2, 0.25) is 5.02 Å². The van der Waals surface area contributed by atoms with E-state index in [9.17, 15) is 32.3 Å². The van der Waals surface area contributed by atoms with Gasteiger partial charge in [0.1, 0.15) is 5.82 Å². The van der Waals surface area contributed by atoms with E-state index in [1.807, 2.05) is 0 Å². The Morgan fingerprint density at radius 1 is 1.21 bits per heavy atom. The number of halogens is 5. The first-order valence-corrected chi connectivity index (χ1v) is 9.97. The number of ketones is 1. The van der Waals surface area contributed by atoms with Crippen LogP contribution in [0.25, 0.3) is 10.8 Å². The largest absolute Gasteiger partial charge is 0.424 e. The Bertz CT molecular complexity index is 1300. The quantitative estimate of drug-likeness (QED) is 0.307. The third-order valence-corrected chi connectivity index (χ3v) is 5.83. The van der Waals surface area contributed by atoms with Gasteiger partial charge in [0.05, 0.1) is 16.8 Å². The molecule has 176 valence electrons. The summed E-state index contributed by atoms with van der Waals surface area (Å²) in [6, 6.07) is 5.55. The fraction of sp³-hybridized carbons (Fsp3) is 0.318. The third kappa shape index (κ3) is 4.08. The summed E-state index contributed by atoms with van der Waals surface area (Å²) in [5, 5.41) is 13.9. The number of benzene rings is 2. The lowest BCUT2D eigenvalue weighted by Gasteiger charge is -2.37. The first-order valence-electron chi connectivity index (χ1n) is 9.59. The van der Waals surface area contributed by atoms with Gasteiger partial charge in [0.25, 0.3) is 0 Å². The van der Waals surface area contributed by atoms with E-state index < -0.39 is 52.1 Å². The van der Waals surface area contributed by atoms with E-state index in [0.29, 0.717) is 0 Å². The number of carbonyl (C=O) groups is 1. The fourth-order valence-corrected chi connectivity index (χ4v) is 4.41. The van der Waals surface area contributed by atoms with Crippen LogP contribution in [0.15, 0.2) is 39.6 Å². The summed E-state index contributed by atoms with van der Waals surface area (Å²) >= 11 is 6.02. The fourth-order valence-electron chi connectivity index (χ4n) is 3.99. The smallest absolute Gasteiger partial charge is 0.398 e. The summed E-state index contributed by atoms with van der Waals surface area (Å²) in [7, 11) is 0. The number of carbonyl (C=O) groups excluding carboxylic acids is 1. The van der Waals surface area contributed by atoms with Crippen LogP contribution in [-0.4, -0.2) is 27.8 Å². The van der Waals surface area contributed by atoms with E-state index in [-0.39, 0.29) is 27.1 Å². The van der Waals surface area contributed by atoms with Gasteiger partial charge in [-0.25, -0.2) is 9.18 Å². The number of nitrogens with two attached hydrogens (primary N) is 1. The molecule has 6 nitrogen and oxygen atoms in total. The highest BCUT2D eigenvalue weighted by Gasteiger charge is 2.61. The molecule has 0 bridgehead atoms. The van der Waals surface area contributed by atoms with Gasteiger partial charge in [0.15, 0.2) is 0 Å². The Balaban J connectivity index is 2.20. The van der Waals surface area contributed by atoms with Crippen molar-refractivity contribution in [3.63, 3.8) is 0 Å². The molecule has 0 saturated heterocycles. The maximum Gasteiger partial charge on any atom is 0.424 e. The summed E-state index contributed by atoms with van der Waals surface area (Å²) in [6.07, 6.45) is -6.71. The van der Waals surface area contributed by atoms with Crippen LogP contribution < -0.4 is 11.4 Å². The SMILES string of the molecule is Cc1noc(=O)c2ccc(C(=O)C(O)(CC(C)(C)c3c(F)cccc3Cl)C(F)(F)F)c(N)c12. The molecule has 2 aromatic carbocycles. The van der Waals surface area contributed by atoms with Crippen molar-refractivity contribution in [2.75, 3.05) is 5.73 Å². The number of hydrogen-bond donors (Lipinski definition) is 2. The average molecular weight is 487 g/mol. The van der Waals surface area contributed by atoms with Crippen LogP contribution in [0, 0.1) is 12.7 Å². The molecule has 3 aromatic rings. The molecule has 0 aliphatic rings. The second kappa shape index (κ2) is 8.11. The summed E-state index contributed by atoms with van der Waals surface area (Å²) in [4.78, 5) is 25.0. The lowest BCUT2D eigenvalue weighted by Crippen LogP contribution is -2.55. The summed E-state index contributed by atoms with van der Waals surface area (Å²) < 4.78 is 61.5. The summed E-state index contributed by atoms with van der Waals surface area (Å²) in [5.41, 5.74) is -2.00. The highest BCUT2D eigenvalue weighted by molar-refractivity contribution is 6.31. The Labute approximate surface area is 189 Å². The van der Waals surface area contributed by atoms with Gasteiger partial charge in [-0.2, -0.15) is 13.2 Å². The van der Waals surface area contributed by atoms with Crippen LogP contribution in [0.3, 0.4) is 0 Å². The van der Waals surface area contributed by atoms with E-state index in [1.54, 1.807) is 0 Å². The van der Waals surface area contributed by atoms with Crippen molar-refractivity contribution in [3.8, 4) is 0 Å².